The van der Waals surface area contributed by atoms with Gasteiger partial charge in [0.25, 0.3) is 0 Å². The lowest BCUT2D eigenvalue weighted by Crippen LogP contribution is -3.61. The van der Waals surface area contributed by atoms with E-state index in [1.165, 1.54) is 0 Å². The van der Waals surface area contributed by atoms with Gasteiger partial charge in [0.1, 0.15) is 0 Å². The van der Waals surface area contributed by atoms with E-state index in [9.17, 15) is 39.5 Å². The lowest BCUT2D eigenvalue weighted by molar-refractivity contribution is -0.597. The van der Waals surface area contributed by atoms with Crippen molar-refractivity contribution in [2.75, 3.05) is 0 Å². The third-order valence-electron chi connectivity index (χ3n) is 2.79. The van der Waals surface area contributed by atoms with Crippen LogP contribution in [0.4, 0.5) is 39.5 Å². The minimum Gasteiger partial charge on any atom is -0.741 e. The highest BCUT2D eigenvalue weighted by Gasteiger charge is 2.39. The molecule has 2 aromatic rings. The molecule has 0 saturated heterocycles. The molecule has 0 fully saturated rings. The van der Waals surface area contributed by atoms with Gasteiger partial charge in [-0.15, -0.1) is 0 Å². The summed E-state index contributed by atoms with van der Waals surface area (Å²) in [5.41, 5.74) is -8.17. The van der Waals surface area contributed by atoms with E-state index >= 15 is 0 Å². The Balaban J connectivity index is 0.000000447. The third kappa shape index (κ3) is 8.38. The average Bonchev–Trinajstić information content (AvgIpc) is 2.52. The molecule has 0 N–H and O–H groups in total. The summed E-state index contributed by atoms with van der Waals surface area (Å²) >= 11 is -1.10. The Morgan fingerprint density at radius 3 is 1.38 bits per heavy atom. The van der Waals surface area contributed by atoms with Crippen molar-refractivity contribution >= 4 is 10.1 Å². The molecular weight excluding hydrogens is 558 g/mol. The van der Waals surface area contributed by atoms with Gasteiger partial charge in [0.05, 0.1) is 11.1 Å². The second kappa shape index (κ2) is 9.07. The lowest BCUT2D eigenvalue weighted by atomic mass is 10.1. The van der Waals surface area contributed by atoms with Gasteiger partial charge in [-0.05, 0) is 18.2 Å². The molecular formula is C15H8F9IO3S. The highest BCUT2D eigenvalue weighted by Crippen LogP contribution is 2.35. The van der Waals surface area contributed by atoms with Crippen LogP contribution in [0.3, 0.4) is 0 Å². The summed E-state index contributed by atoms with van der Waals surface area (Å²) < 4.78 is 136. The number of hydrogen-bond acceptors (Lipinski definition) is 3. The van der Waals surface area contributed by atoms with E-state index in [0.29, 0.717) is 0 Å². The zero-order valence-electron chi connectivity index (χ0n) is 13.5. The maximum absolute atomic E-state index is 12.7. The number of rotatable bonds is 2. The van der Waals surface area contributed by atoms with E-state index in [1.54, 1.807) is 30.3 Å². The SMILES string of the molecule is FC(F)(F)c1cc([I+]c2ccccc2)cc(C(F)(F)F)c1.O=S(=O)([O-])C(F)(F)F. The molecule has 2 aromatic carbocycles. The zero-order chi connectivity index (χ0) is 22.7. The van der Waals surface area contributed by atoms with Crippen molar-refractivity contribution in [3.05, 3.63) is 66.8 Å². The molecule has 0 aliphatic rings. The first-order valence-corrected chi connectivity index (χ1v) is 10.5. The molecule has 3 nitrogen and oxygen atoms in total. The molecule has 0 aromatic heterocycles. The van der Waals surface area contributed by atoms with Crippen LogP contribution in [0, 0.1) is 7.14 Å². The Bertz CT molecular complexity index is 889. The smallest absolute Gasteiger partial charge is 0.485 e. The minimum absolute atomic E-state index is 0.0853. The van der Waals surface area contributed by atoms with Crippen molar-refractivity contribution in [1.29, 1.82) is 0 Å². The quantitative estimate of drug-likeness (QED) is 0.242. The van der Waals surface area contributed by atoms with Crippen LogP contribution >= 0.6 is 0 Å². The molecule has 0 aliphatic carbocycles. The van der Waals surface area contributed by atoms with Gasteiger partial charge in [-0.3, -0.25) is 0 Å². The molecule has 0 spiro atoms. The molecule has 0 bridgehead atoms. The van der Waals surface area contributed by atoms with E-state index in [0.717, 1.165) is 15.7 Å². The van der Waals surface area contributed by atoms with Gasteiger partial charge in [0, 0.05) is 12.1 Å². The standard InChI is InChI=1S/C14H8F6I.CHF3O3S/c15-13(16,17)9-6-10(14(18,19)20)8-12(7-9)21-11-4-2-1-3-5-11;2-1(3,4)8(5,6)7/h1-8H;(H,5,6,7)/q+1;/p-1. The first kappa shape index (κ1) is 25.5. The summed E-state index contributed by atoms with van der Waals surface area (Å²) in [5.74, 6) is 0. The summed E-state index contributed by atoms with van der Waals surface area (Å²) in [5, 5.41) is 0. The van der Waals surface area contributed by atoms with Gasteiger partial charge in [-0.2, -0.15) is 39.5 Å². The number of hydrogen-bond donors (Lipinski definition) is 0. The topological polar surface area (TPSA) is 57.2 Å². The summed E-state index contributed by atoms with van der Waals surface area (Å²) in [6.45, 7) is 0. The van der Waals surface area contributed by atoms with E-state index in [4.69, 9.17) is 13.0 Å². The third-order valence-corrected chi connectivity index (χ3v) is 5.94. The zero-order valence-corrected chi connectivity index (χ0v) is 16.5. The van der Waals surface area contributed by atoms with Gasteiger partial charge in [-0.25, -0.2) is 8.42 Å². The number of benzene rings is 2. The number of halogens is 10. The molecule has 2 rings (SSSR count). The Morgan fingerprint density at radius 1 is 0.690 bits per heavy atom. The molecule has 0 aliphatic heterocycles. The predicted molar refractivity (Wildman–Crippen MR) is 76.0 cm³/mol. The summed E-state index contributed by atoms with van der Waals surface area (Å²) in [6, 6.07) is 10.3. The molecule has 0 radical (unpaired) electrons. The maximum Gasteiger partial charge on any atom is 0.485 e. The Kier molecular flexibility index (Phi) is 7.98. The van der Waals surface area contributed by atoms with Gasteiger partial charge in [0.15, 0.2) is 17.3 Å². The van der Waals surface area contributed by atoms with Crippen molar-refractivity contribution in [1.82, 2.24) is 0 Å². The van der Waals surface area contributed by atoms with Crippen LogP contribution in [-0.4, -0.2) is 18.5 Å². The fourth-order valence-electron chi connectivity index (χ4n) is 1.58. The summed E-state index contributed by atoms with van der Waals surface area (Å²) in [7, 11) is -6.09. The van der Waals surface area contributed by atoms with Crippen LogP contribution in [0.25, 0.3) is 0 Å². The Hall–Kier alpha value is -1.55. The molecule has 0 saturated carbocycles. The predicted octanol–water partition coefficient (Wildman–Crippen LogP) is 1.90. The molecule has 29 heavy (non-hydrogen) atoms. The van der Waals surface area contributed by atoms with Gasteiger partial charge >= 0.3 is 39.1 Å². The van der Waals surface area contributed by atoms with Crippen LogP contribution < -0.4 is 21.2 Å². The van der Waals surface area contributed by atoms with Gasteiger partial charge in [0.2, 0.25) is 0 Å². The molecule has 14 heteroatoms. The van der Waals surface area contributed by atoms with E-state index in [1.807, 2.05) is 0 Å². The first-order chi connectivity index (χ1) is 12.9. The van der Waals surface area contributed by atoms with Crippen LogP contribution in [0.5, 0.6) is 0 Å². The normalized spacial score (nSPS) is 12.9. The minimum atomic E-state index is -6.09. The fraction of sp³-hybridized carbons (Fsp3) is 0.200. The molecule has 0 unspecified atom stereocenters. The fourth-order valence-corrected chi connectivity index (χ4v) is 4.05. The van der Waals surface area contributed by atoms with E-state index < -0.39 is 60.3 Å². The van der Waals surface area contributed by atoms with Gasteiger partial charge < -0.3 is 4.55 Å². The average molecular weight is 566 g/mol. The number of alkyl halides is 9. The highest BCUT2D eigenvalue weighted by molar-refractivity contribution is 7.86. The van der Waals surface area contributed by atoms with Crippen LogP contribution in [0.15, 0.2) is 48.5 Å². The summed E-state index contributed by atoms with van der Waals surface area (Å²) in [6.07, 6.45) is -9.59. The van der Waals surface area contributed by atoms with Crippen molar-refractivity contribution in [2.45, 2.75) is 17.9 Å². The van der Waals surface area contributed by atoms with Crippen LogP contribution in [-0.2, 0) is 22.5 Å². The monoisotopic (exact) mass is 566 g/mol. The van der Waals surface area contributed by atoms with Crippen molar-refractivity contribution < 1.29 is 73.7 Å². The van der Waals surface area contributed by atoms with Crippen molar-refractivity contribution in [3.8, 4) is 0 Å². The largest absolute Gasteiger partial charge is 0.741 e. The van der Waals surface area contributed by atoms with Crippen LogP contribution in [0.2, 0.25) is 0 Å². The van der Waals surface area contributed by atoms with Gasteiger partial charge in [-0.1, -0.05) is 18.2 Å². The van der Waals surface area contributed by atoms with E-state index in [2.05, 4.69) is 0 Å². The van der Waals surface area contributed by atoms with Crippen LogP contribution in [0.1, 0.15) is 11.1 Å². The van der Waals surface area contributed by atoms with Crippen molar-refractivity contribution in [2.24, 2.45) is 0 Å². The highest BCUT2D eigenvalue weighted by atomic mass is 127. The molecule has 162 valence electrons. The molecule has 0 amide bonds. The maximum atomic E-state index is 12.7. The molecule has 0 atom stereocenters. The lowest BCUT2D eigenvalue weighted by Gasteiger charge is -2.10. The van der Waals surface area contributed by atoms with E-state index in [-0.39, 0.29) is 9.64 Å². The van der Waals surface area contributed by atoms with Crippen molar-refractivity contribution in [3.63, 3.8) is 0 Å². The second-order valence-corrected chi connectivity index (χ2v) is 9.42. The molecule has 0 heterocycles. The Morgan fingerprint density at radius 2 is 1.07 bits per heavy atom. The first-order valence-electron chi connectivity index (χ1n) is 6.93. The Labute approximate surface area is 168 Å². The second-order valence-electron chi connectivity index (χ2n) is 5.01. The summed E-state index contributed by atoms with van der Waals surface area (Å²) in [4.78, 5) is 0.